The normalized spacial score (nSPS) is 11.8. The number of sulfonamides is 1. The Bertz CT molecular complexity index is 909. The molecule has 0 heterocycles. The highest BCUT2D eigenvalue weighted by atomic mass is 32.2. The molecule has 0 saturated carbocycles. The van der Waals surface area contributed by atoms with Crippen LogP contribution in [0.5, 0.6) is 0 Å². The molecule has 0 aliphatic rings. The van der Waals surface area contributed by atoms with Gasteiger partial charge in [0.2, 0.25) is 15.9 Å². The summed E-state index contributed by atoms with van der Waals surface area (Å²) in [7, 11) is -3.72. The molecule has 0 bridgehead atoms. The fourth-order valence-corrected chi connectivity index (χ4v) is 4.49. The summed E-state index contributed by atoms with van der Waals surface area (Å²) in [6.45, 7) is 7.72. The van der Waals surface area contributed by atoms with E-state index in [-0.39, 0.29) is 29.8 Å². The fraction of sp³-hybridized carbons (Fsp3) is 0.435. The van der Waals surface area contributed by atoms with Crippen LogP contribution < -0.4 is 4.72 Å². The van der Waals surface area contributed by atoms with E-state index in [1.54, 1.807) is 0 Å². The maximum atomic E-state index is 14.0. The second-order valence-corrected chi connectivity index (χ2v) is 9.82. The molecule has 29 heavy (non-hydrogen) atoms. The number of aryl methyl sites for hydroxylation is 1. The molecule has 0 fully saturated rings. The van der Waals surface area contributed by atoms with Crippen LogP contribution in [0.25, 0.3) is 0 Å². The minimum atomic E-state index is -3.72. The average molecular weight is 420 g/mol. The highest BCUT2D eigenvalue weighted by Gasteiger charge is 2.21. The number of hydrogen-bond acceptors (Lipinski definition) is 3. The van der Waals surface area contributed by atoms with Crippen LogP contribution in [0.1, 0.15) is 68.2 Å². The van der Waals surface area contributed by atoms with Crippen molar-refractivity contribution in [2.24, 2.45) is 0 Å². The molecule has 1 amide bonds. The Morgan fingerprint density at radius 3 is 2.07 bits per heavy atom. The number of halogens is 1. The lowest BCUT2D eigenvalue weighted by Crippen LogP contribution is -2.34. The molecule has 158 valence electrons. The lowest BCUT2D eigenvalue weighted by Gasteiger charge is -2.20. The molecule has 0 unspecified atom stereocenters. The number of hydrogen-bond donors (Lipinski definition) is 1. The van der Waals surface area contributed by atoms with Crippen molar-refractivity contribution < 1.29 is 17.6 Å². The molecule has 0 radical (unpaired) electrons. The first-order valence-electron chi connectivity index (χ1n) is 9.98. The zero-order chi connectivity index (χ0) is 21.6. The zero-order valence-electron chi connectivity index (χ0n) is 17.5. The molecule has 1 N–H and O–H groups in total. The van der Waals surface area contributed by atoms with Gasteiger partial charge in [-0.2, -0.15) is 0 Å². The van der Waals surface area contributed by atoms with Crippen LogP contribution in [0.4, 0.5) is 4.39 Å². The molecule has 0 saturated heterocycles. The Hall–Kier alpha value is -2.21. The van der Waals surface area contributed by atoms with Crippen LogP contribution in [0.2, 0.25) is 0 Å². The third-order valence-corrected chi connectivity index (χ3v) is 6.22. The smallest absolute Gasteiger partial charge is 0.237 e. The number of carbonyl (C=O) groups is 1. The molecular weight excluding hydrogens is 389 g/mol. The van der Waals surface area contributed by atoms with Crippen molar-refractivity contribution in [3.8, 4) is 0 Å². The summed E-state index contributed by atoms with van der Waals surface area (Å²) in [4.78, 5) is 12.5. The van der Waals surface area contributed by atoms with Crippen LogP contribution in [0.3, 0.4) is 0 Å². The van der Waals surface area contributed by atoms with Crippen LogP contribution in [-0.4, -0.2) is 20.1 Å². The Morgan fingerprint density at radius 1 is 1.00 bits per heavy atom. The molecule has 0 aliphatic carbocycles. The molecular formula is C23H30FNO3S. The van der Waals surface area contributed by atoms with Crippen LogP contribution in [0.15, 0.2) is 42.5 Å². The molecule has 2 aromatic carbocycles. The van der Waals surface area contributed by atoms with Gasteiger partial charge in [-0.15, -0.1) is 0 Å². The third kappa shape index (κ3) is 6.96. The monoisotopic (exact) mass is 419 g/mol. The van der Waals surface area contributed by atoms with Gasteiger partial charge in [-0.1, -0.05) is 58.0 Å². The Morgan fingerprint density at radius 2 is 1.55 bits per heavy atom. The van der Waals surface area contributed by atoms with E-state index in [1.807, 2.05) is 58.0 Å². The second-order valence-electron chi connectivity index (χ2n) is 7.98. The van der Waals surface area contributed by atoms with Gasteiger partial charge in [0.25, 0.3) is 0 Å². The minimum absolute atomic E-state index is 0.0217. The van der Waals surface area contributed by atoms with E-state index in [0.29, 0.717) is 18.4 Å². The first kappa shape index (κ1) is 23.1. The summed E-state index contributed by atoms with van der Waals surface area (Å²) in [6, 6.07) is 12.5. The predicted molar refractivity (Wildman–Crippen MR) is 115 cm³/mol. The van der Waals surface area contributed by atoms with E-state index >= 15 is 0 Å². The summed E-state index contributed by atoms with van der Waals surface area (Å²) < 4.78 is 40.8. The lowest BCUT2D eigenvalue weighted by molar-refractivity contribution is -0.118. The van der Waals surface area contributed by atoms with Crippen molar-refractivity contribution in [3.05, 3.63) is 70.5 Å². The topological polar surface area (TPSA) is 63.2 Å². The van der Waals surface area contributed by atoms with Gasteiger partial charge in [0.15, 0.2) is 0 Å². The van der Waals surface area contributed by atoms with E-state index in [1.165, 1.54) is 12.1 Å². The van der Waals surface area contributed by atoms with Gasteiger partial charge < -0.3 is 0 Å². The van der Waals surface area contributed by atoms with Crippen molar-refractivity contribution in [3.63, 3.8) is 0 Å². The molecule has 0 spiro atoms. The molecule has 0 atom stereocenters. The van der Waals surface area contributed by atoms with Crippen LogP contribution >= 0.6 is 0 Å². The fourth-order valence-electron chi connectivity index (χ4n) is 3.45. The summed E-state index contributed by atoms with van der Waals surface area (Å²) in [5, 5.41) is 0. The van der Waals surface area contributed by atoms with E-state index in [9.17, 15) is 17.6 Å². The molecule has 0 aliphatic heterocycles. The molecule has 2 rings (SSSR count). The van der Waals surface area contributed by atoms with E-state index in [4.69, 9.17) is 0 Å². The Kier molecular flexibility index (Phi) is 7.96. The average Bonchev–Trinajstić information content (AvgIpc) is 2.62. The lowest BCUT2D eigenvalue weighted by atomic mass is 9.87. The van der Waals surface area contributed by atoms with E-state index < -0.39 is 15.9 Å². The van der Waals surface area contributed by atoms with Gasteiger partial charge in [0.1, 0.15) is 5.82 Å². The predicted octanol–water partition coefficient (Wildman–Crippen LogP) is 4.69. The molecule has 2 aromatic rings. The quantitative estimate of drug-likeness (QED) is 0.641. The second kappa shape index (κ2) is 10.0. The van der Waals surface area contributed by atoms with E-state index in [2.05, 4.69) is 4.72 Å². The first-order chi connectivity index (χ1) is 13.6. The van der Waals surface area contributed by atoms with Gasteiger partial charge in [-0.3, -0.25) is 9.52 Å². The van der Waals surface area contributed by atoms with Crippen molar-refractivity contribution in [1.82, 2.24) is 4.72 Å². The third-order valence-electron chi connectivity index (χ3n) is 4.86. The van der Waals surface area contributed by atoms with Crippen LogP contribution in [0, 0.1) is 5.82 Å². The SMILES string of the molecule is CC(C)c1cc(F)cc(C(C)C)c1CC(=O)NS(=O)(=O)CCCc1ccccc1. The van der Waals surface area contributed by atoms with Crippen molar-refractivity contribution in [2.75, 3.05) is 5.75 Å². The Labute approximate surface area is 173 Å². The zero-order valence-corrected chi connectivity index (χ0v) is 18.4. The van der Waals surface area contributed by atoms with Gasteiger partial charge in [-0.05, 0) is 59.1 Å². The minimum Gasteiger partial charge on any atom is -0.274 e. The molecule has 0 aromatic heterocycles. The Balaban J connectivity index is 2.07. The van der Waals surface area contributed by atoms with Crippen molar-refractivity contribution >= 4 is 15.9 Å². The highest BCUT2D eigenvalue weighted by Crippen LogP contribution is 2.29. The number of nitrogens with one attached hydrogen (secondary N) is 1. The number of carbonyl (C=O) groups excluding carboxylic acids is 1. The highest BCUT2D eigenvalue weighted by molar-refractivity contribution is 7.90. The van der Waals surface area contributed by atoms with E-state index in [0.717, 1.165) is 16.7 Å². The summed E-state index contributed by atoms with van der Waals surface area (Å²) >= 11 is 0. The summed E-state index contributed by atoms with van der Waals surface area (Å²) in [5.74, 6) is -0.998. The number of benzene rings is 2. The largest absolute Gasteiger partial charge is 0.274 e. The summed E-state index contributed by atoms with van der Waals surface area (Å²) in [5.41, 5.74) is 3.26. The summed E-state index contributed by atoms with van der Waals surface area (Å²) in [6.07, 6.45) is 0.972. The molecule has 6 heteroatoms. The van der Waals surface area contributed by atoms with Gasteiger partial charge >= 0.3 is 0 Å². The van der Waals surface area contributed by atoms with Crippen molar-refractivity contribution in [2.45, 2.75) is 58.8 Å². The standard InChI is InChI=1S/C23H30FNO3S/c1-16(2)20-13-19(24)14-21(17(3)4)22(20)15-23(26)25-29(27,28)12-8-11-18-9-6-5-7-10-18/h5-7,9-10,13-14,16-17H,8,11-12,15H2,1-4H3,(H,25,26). The van der Waals surface area contributed by atoms with Crippen LogP contribution in [-0.2, 0) is 27.7 Å². The first-order valence-corrected chi connectivity index (χ1v) is 11.6. The maximum Gasteiger partial charge on any atom is 0.237 e. The number of amides is 1. The van der Waals surface area contributed by atoms with Gasteiger partial charge in [0, 0.05) is 0 Å². The van der Waals surface area contributed by atoms with Gasteiger partial charge in [0.05, 0.1) is 12.2 Å². The maximum absolute atomic E-state index is 14.0. The number of rotatable bonds is 9. The van der Waals surface area contributed by atoms with Crippen molar-refractivity contribution in [1.29, 1.82) is 0 Å². The van der Waals surface area contributed by atoms with Gasteiger partial charge in [-0.25, -0.2) is 12.8 Å². The molecule has 4 nitrogen and oxygen atoms in total.